The molecule has 4 aliphatic heterocycles. The number of carboxylic acid groups (broad SMARTS) is 2. The lowest BCUT2D eigenvalue weighted by Crippen LogP contribution is -2.65. The van der Waals surface area contributed by atoms with E-state index in [1.165, 1.54) is 14.0 Å². The number of carboxylic acids is 2. The maximum Gasteiger partial charge on any atom is 0.308 e. The van der Waals surface area contributed by atoms with Crippen molar-refractivity contribution in [1.82, 2.24) is 9.80 Å². The molecule has 4 rings (SSSR count). The average Bonchev–Trinajstić information content (AvgIpc) is 3.24. The number of cyclic esters (lactones) is 1. The van der Waals surface area contributed by atoms with E-state index in [1.54, 1.807) is 39.8 Å². The Labute approximate surface area is 408 Å². The van der Waals surface area contributed by atoms with Gasteiger partial charge in [0, 0.05) is 45.3 Å². The summed E-state index contributed by atoms with van der Waals surface area (Å²) in [6.45, 7) is 10.8. The van der Waals surface area contributed by atoms with Crippen LogP contribution in [0.5, 0.6) is 0 Å². The van der Waals surface area contributed by atoms with Crippen molar-refractivity contribution in [3.05, 3.63) is 24.3 Å². The Morgan fingerprint density at radius 3 is 2.01 bits per heavy atom. The number of esters is 1. The van der Waals surface area contributed by atoms with Gasteiger partial charge in [0.2, 0.25) is 0 Å². The van der Waals surface area contributed by atoms with E-state index in [0.29, 0.717) is 32.1 Å². The van der Waals surface area contributed by atoms with Crippen LogP contribution < -0.4 is 0 Å². The number of carbonyl (C=O) groups excluding carboxylic acids is 2. The molecule has 0 aromatic heterocycles. The molecule has 69 heavy (non-hydrogen) atoms. The predicted octanol–water partition coefficient (Wildman–Crippen LogP) is 3.04. The molecule has 20 heteroatoms. The van der Waals surface area contributed by atoms with Crippen LogP contribution in [0.4, 0.5) is 0 Å². The maximum atomic E-state index is 13.1. The number of hydrogen-bond donors (Lipinski definition) is 6. The first-order valence-electron chi connectivity index (χ1n) is 24.3. The van der Waals surface area contributed by atoms with Crippen molar-refractivity contribution >= 4 is 24.2 Å². The van der Waals surface area contributed by atoms with E-state index in [-0.39, 0.29) is 43.7 Å². The highest BCUT2D eigenvalue weighted by molar-refractivity contribution is 5.70. The fraction of sp³-hybridized carbons (Fsp3) is 0.837. The van der Waals surface area contributed by atoms with Crippen LogP contribution in [0.2, 0.25) is 0 Å². The van der Waals surface area contributed by atoms with E-state index in [0.717, 1.165) is 12.7 Å². The largest absolute Gasteiger partial charge is 0.481 e. The van der Waals surface area contributed by atoms with Crippen molar-refractivity contribution < 1.29 is 87.7 Å². The monoisotopic (exact) mass is 989 g/mol. The number of hydrogen-bond acceptors (Lipinski definition) is 18. The molecule has 3 fully saturated rings. The Morgan fingerprint density at radius 1 is 0.826 bits per heavy atom. The van der Waals surface area contributed by atoms with E-state index >= 15 is 0 Å². The number of ether oxygens (including phenoxy) is 8. The van der Waals surface area contributed by atoms with Crippen molar-refractivity contribution in [1.29, 1.82) is 0 Å². The lowest BCUT2D eigenvalue weighted by Gasteiger charge is -2.50. The molecule has 19 atom stereocenters. The summed E-state index contributed by atoms with van der Waals surface area (Å²) in [5, 5.41) is 61.3. The third kappa shape index (κ3) is 18.9. The van der Waals surface area contributed by atoms with Gasteiger partial charge in [0.15, 0.2) is 18.9 Å². The standard InChI is InChI=1S/C43H74N2O14.C6H10O4/c1-24-21-29(19-20-46)39(59-42-37(49)36(45(9)10)38(27(4)56-42)58-35-23-43(6,51)41(50)28(5)55-35)40(52-11)31(47)22-33(48)53-25(2)15-13-12-14-16-32(24)57-34-18-17-30(44(7)8)26(3)54-34;7-5(8)3-1-2-4-6(9)10/h12-14,16,20,24-32,34-42,47,49-51H,15,17-19,21-23H2,1-11H3;1-4H2,(H,7,8)(H,9,10)/b13-12-,16-14-;/t24-,25-,26-,27-,28+,29+,30+,31-,32+,34?,35+,36-,37-,38-,39+,40+,41+,42+,43-;/m1./s1. The molecule has 6 N–H and O–H groups in total. The summed E-state index contributed by atoms with van der Waals surface area (Å²) in [6.07, 6.45) is -0.546. The molecule has 0 spiro atoms. The average molecular weight is 989 g/mol. The van der Waals surface area contributed by atoms with Crippen molar-refractivity contribution in [2.45, 2.75) is 216 Å². The molecule has 0 radical (unpaired) electrons. The number of aldehydes is 1. The Hall–Kier alpha value is -2.96. The molecule has 0 bridgehead atoms. The van der Waals surface area contributed by atoms with Gasteiger partial charge < -0.3 is 83.1 Å². The zero-order chi connectivity index (χ0) is 51.7. The van der Waals surface area contributed by atoms with Gasteiger partial charge in [-0.2, -0.15) is 0 Å². The molecule has 0 aliphatic carbocycles. The van der Waals surface area contributed by atoms with Crippen LogP contribution in [0.1, 0.15) is 112 Å². The summed E-state index contributed by atoms with van der Waals surface area (Å²) in [5.41, 5.74) is -1.47. The highest BCUT2D eigenvalue weighted by atomic mass is 16.7. The summed E-state index contributed by atoms with van der Waals surface area (Å²) in [6, 6.07) is -0.466. The van der Waals surface area contributed by atoms with Gasteiger partial charge in [-0.05, 0) is 107 Å². The van der Waals surface area contributed by atoms with Crippen molar-refractivity contribution in [2.75, 3.05) is 35.3 Å². The first-order chi connectivity index (χ1) is 32.4. The number of unbranched alkanes of at least 4 members (excludes halogenated alkanes) is 1. The third-order valence-electron chi connectivity index (χ3n) is 13.4. The summed E-state index contributed by atoms with van der Waals surface area (Å²) < 4.78 is 50.0. The lowest BCUT2D eigenvalue weighted by molar-refractivity contribution is -0.344. The Kier molecular flexibility index (Phi) is 25.3. The molecule has 0 aromatic carbocycles. The quantitative estimate of drug-likeness (QED) is 0.0737. The molecule has 0 amide bonds. The van der Waals surface area contributed by atoms with Crippen molar-refractivity contribution in [2.24, 2.45) is 11.8 Å². The van der Waals surface area contributed by atoms with Gasteiger partial charge in [0.1, 0.15) is 36.8 Å². The van der Waals surface area contributed by atoms with E-state index in [1.807, 2.05) is 52.2 Å². The van der Waals surface area contributed by atoms with Crippen LogP contribution in [0, 0.1) is 11.8 Å². The van der Waals surface area contributed by atoms with Gasteiger partial charge in [-0.3, -0.25) is 14.4 Å². The van der Waals surface area contributed by atoms with Crippen LogP contribution in [0.25, 0.3) is 0 Å². The van der Waals surface area contributed by atoms with Crippen LogP contribution in [-0.4, -0.2) is 204 Å². The second-order valence-electron chi connectivity index (χ2n) is 19.8. The smallest absolute Gasteiger partial charge is 0.308 e. The van der Waals surface area contributed by atoms with Gasteiger partial charge in [-0.15, -0.1) is 0 Å². The normalized spacial score (nSPS) is 40.5. The molecule has 0 saturated carbocycles. The summed E-state index contributed by atoms with van der Waals surface area (Å²) in [4.78, 5) is 49.3. The van der Waals surface area contributed by atoms with Crippen molar-refractivity contribution in [3.8, 4) is 0 Å². The number of aliphatic carboxylic acids is 2. The molecular formula is C49H84N2O18. The van der Waals surface area contributed by atoms with Gasteiger partial charge in [0.05, 0.1) is 54.7 Å². The topological polar surface area (TPSA) is 270 Å². The summed E-state index contributed by atoms with van der Waals surface area (Å²) in [5.74, 6) is -3.21. The zero-order valence-corrected chi connectivity index (χ0v) is 42.5. The van der Waals surface area contributed by atoms with Crippen LogP contribution in [0.15, 0.2) is 24.3 Å². The number of allylic oxidation sites excluding steroid dienone is 2. The van der Waals surface area contributed by atoms with Crippen LogP contribution in [-0.2, 0) is 57.1 Å². The van der Waals surface area contributed by atoms with Gasteiger partial charge >= 0.3 is 17.9 Å². The van der Waals surface area contributed by atoms with E-state index in [9.17, 15) is 39.6 Å². The van der Waals surface area contributed by atoms with Crippen molar-refractivity contribution in [3.63, 3.8) is 0 Å². The number of aliphatic hydroxyl groups is 4. The summed E-state index contributed by atoms with van der Waals surface area (Å²) in [7, 11) is 9.03. The number of aliphatic hydroxyl groups excluding tert-OH is 3. The Morgan fingerprint density at radius 2 is 1.46 bits per heavy atom. The molecule has 4 heterocycles. The molecule has 398 valence electrons. The van der Waals surface area contributed by atoms with Crippen LogP contribution in [0.3, 0.4) is 0 Å². The molecule has 3 saturated heterocycles. The molecule has 4 aliphatic rings. The number of methoxy groups -OCH3 is 1. The predicted molar refractivity (Wildman–Crippen MR) is 251 cm³/mol. The summed E-state index contributed by atoms with van der Waals surface area (Å²) >= 11 is 0. The first kappa shape index (κ1) is 60.3. The number of rotatable bonds is 16. The molecular weight excluding hydrogens is 905 g/mol. The SMILES string of the molecule is CO[C@@H]1[C@@H](O[C@@H]2O[C@H](C)[C@@H](O[C@H]3C[C@@](C)(O)[C@@H](O)[C@H](C)O3)[C@H](N(C)C)[C@H]2O)[C@@H](CC=O)C[C@@H](C)[C@@H](OC2CC[C@H](N(C)C)[C@@H](C)O2)/C=C\C=C/C[C@@H](C)OC(=O)C[C@H]1O.O=C(O)CCCCC(=O)O. The lowest BCUT2D eigenvalue weighted by atomic mass is 9.82. The minimum Gasteiger partial charge on any atom is -0.481 e. The fourth-order valence-electron chi connectivity index (χ4n) is 9.65. The van der Waals surface area contributed by atoms with Gasteiger partial charge in [-0.1, -0.05) is 31.2 Å². The second-order valence-corrected chi connectivity index (χ2v) is 19.8. The molecule has 1 unspecified atom stereocenters. The van der Waals surface area contributed by atoms with Gasteiger partial charge in [-0.25, -0.2) is 0 Å². The zero-order valence-electron chi connectivity index (χ0n) is 42.5. The first-order valence-corrected chi connectivity index (χ1v) is 24.3. The highest BCUT2D eigenvalue weighted by Gasteiger charge is 2.52. The highest BCUT2D eigenvalue weighted by Crippen LogP contribution is 2.37. The van der Waals surface area contributed by atoms with Gasteiger partial charge in [0.25, 0.3) is 0 Å². The fourth-order valence-corrected chi connectivity index (χ4v) is 9.65. The minimum absolute atomic E-state index is 0.00885. The second kappa shape index (κ2) is 28.9. The van der Waals surface area contributed by atoms with Crippen LogP contribution >= 0.6 is 0 Å². The Bertz CT molecular complexity index is 1610. The van der Waals surface area contributed by atoms with E-state index in [4.69, 9.17) is 48.1 Å². The number of nitrogens with zero attached hydrogens (tertiary/aromatic N) is 2. The molecule has 20 nitrogen and oxygen atoms in total. The third-order valence-corrected chi connectivity index (χ3v) is 13.4. The maximum absolute atomic E-state index is 13.1. The number of carbonyl (C=O) groups is 4. The molecule has 0 aromatic rings. The Balaban J connectivity index is 0.00000113. The minimum atomic E-state index is -1.47. The van der Waals surface area contributed by atoms with E-state index in [2.05, 4.69) is 4.90 Å². The number of likely N-dealkylation sites (N-methyl/N-ethyl adjacent to an activating group) is 2. The van der Waals surface area contributed by atoms with E-state index < -0.39 is 122 Å².